The van der Waals surface area contributed by atoms with Crippen molar-refractivity contribution < 1.29 is 18.5 Å². The van der Waals surface area contributed by atoms with Gasteiger partial charge in [-0.3, -0.25) is 0 Å². The highest BCUT2D eigenvalue weighted by atomic mass is 16.5. The fourth-order valence-electron chi connectivity index (χ4n) is 2.50. The Morgan fingerprint density at radius 1 is 1.04 bits per heavy atom. The lowest BCUT2D eigenvalue weighted by Gasteiger charge is -2.02. The summed E-state index contributed by atoms with van der Waals surface area (Å²) in [5.74, 6) is -0.0212. The first-order valence-corrected chi connectivity index (χ1v) is 7.47. The Morgan fingerprint density at radius 2 is 1.92 bits per heavy atom. The summed E-state index contributed by atoms with van der Waals surface area (Å²) in [4.78, 5) is 11.9. The Balaban J connectivity index is 1.57. The van der Waals surface area contributed by atoms with E-state index in [9.17, 15) is 4.79 Å². The zero-order chi connectivity index (χ0) is 16.4. The van der Waals surface area contributed by atoms with Crippen molar-refractivity contribution in [3.05, 3.63) is 83.9 Å². The summed E-state index contributed by atoms with van der Waals surface area (Å²) in [6.45, 7) is 0. The molecule has 2 aromatic heterocycles. The van der Waals surface area contributed by atoms with E-state index >= 15 is 0 Å². The zero-order valence-electron chi connectivity index (χ0n) is 12.6. The SMILES string of the molecule is O=C(Oc1ccc2c(Cc3ccccc3)noc2c1)c1ccco1. The molecule has 0 amide bonds. The third kappa shape index (κ3) is 2.79. The molecule has 0 unspecified atom stereocenters. The standard InChI is InChI=1S/C19H13NO4/c21-19(17-7-4-10-22-17)23-14-8-9-15-16(20-24-18(15)12-14)11-13-5-2-1-3-6-13/h1-10,12H,11H2. The third-order valence-corrected chi connectivity index (χ3v) is 3.67. The number of carbonyl (C=O) groups is 1. The van der Waals surface area contributed by atoms with Gasteiger partial charge in [-0.05, 0) is 29.8 Å². The molecule has 0 aliphatic rings. The number of rotatable bonds is 4. The van der Waals surface area contributed by atoms with Crippen LogP contribution in [-0.2, 0) is 6.42 Å². The summed E-state index contributed by atoms with van der Waals surface area (Å²) >= 11 is 0. The van der Waals surface area contributed by atoms with E-state index in [-0.39, 0.29) is 5.76 Å². The quantitative estimate of drug-likeness (QED) is 0.416. The van der Waals surface area contributed by atoms with Crippen LogP contribution in [0.5, 0.6) is 5.75 Å². The van der Waals surface area contributed by atoms with Gasteiger partial charge in [-0.25, -0.2) is 4.79 Å². The summed E-state index contributed by atoms with van der Waals surface area (Å²) in [5.41, 5.74) is 2.58. The predicted molar refractivity (Wildman–Crippen MR) is 86.9 cm³/mol. The van der Waals surface area contributed by atoms with Crippen molar-refractivity contribution in [3.63, 3.8) is 0 Å². The van der Waals surface area contributed by atoms with Gasteiger partial charge in [0.25, 0.3) is 0 Å². The third-order valence-electron chi connectivity index (χ3n) is 3.67. The van der Waals surface area contributed by atoms with Crippen molar-refractivity contribution in [2.75, 3.05) is 0 Å². The van der Waals surface area contributed by atoms with Crippen LogP contribution in [0.4, 0.5) is 0 Å². The minimum Gasteiger partial charge on any atom is -0.457 e. The van der Waals surface area contributed by atoms with Crippen LogP contribution in [0.2, 0.25) is 0 Å². The molecule has 118 valence electrons. The van der Waals surface area contributed by atoms with Gasteiger partial charge in [0, 0.05) is 17.9 Å². The van der Waals surface area contributed by atoms with Crippen molar-refractivity contribution in [2.45, 2.75) is 6.42 Å². The molecule has 0 radical (unpaired) electrons. The first-order valence-electron chi connectivity index (χ1n) is 7.47. The van der Waals surface area contributed by atoms with Gasteiger partial charge in [0.1, 0.15) is 5.75 Å². The van der Waals surface area contributed by atoms with Gasteiger partial charge in [-0.2, -0.15) is 0 Å². The first kappa shape index (κ1) is 14.3. The molecule has 0 spiro atoms. The molecule has 24 heavy (non-hydrogen) atoms. The zero-order valence-corrected chi connectivity index (χ0v) is 12.6. The van der Waals surface area contributed by atoms with Gasteiger partial charge in [-0.15, -0.1) is 0 Å². The first-order chi connectivity index (χ1) is 11.8. The average molecular weight is 319 g/mol. The lowest BCUT2D eigenvalue weighted by atomic mass is 10.1. The number of aromatic nitrogens is 1. The topological polar surface area (TPSA) is 65.5 Å². The van der Waals surface area contributed by atoms with Crippen molar-refractivity contribution in [2.24, 2.45) is 0 Å². The smallest absolute Gasteiger partial charge is 0.379 e. The van der Waals surface area contributed by atoms with Crippen molar-refractivity contribution >= 4 is 16.9 Å². The molecule has 4 aromatic rings. The Bertz CT molecular complexity index is 971. The fraction of sp³-hybridized carbons (Fsp3) is 0.0526. The Hall–Kier alpha value is -3.34. The van der Waals surface area contributed by atoms with Crippen molar-refractivity contribution in [1.29, 1.82) is 0 Å². The minimum absolute atomic E-state index is 0.150. The molecule has 4 rings (SSSR count). The van der Waals surface area contributed by atoms with E-state index in [2.05, 4.69) is 5.16 Å². The van der Waals surface area contributed by atoms with E-state index in [1.807, 2.05) is 36.4 Å². The van der Waals surface area contributed by atoms with Crippen LogP contribution >= 0.6 is 0 Å². The fourth-order valence-corrected chi connectivity index (χ4v) is 2.50. The molecular weight excluding hydrogens is 306 g/mol. The van der Waals surface area contributed by atoms with Gasteiger partial charge in [0.05, 0.1) is 12.0 Å². The summed E-state index contributed by atoms with van der Waals surface area (Å²) in [6.07, 6.45) is 2.10. The highest BCUT2D eigenvalue weighted by Gasteiger charge is 2.14. The summed E-state index contributed by atoms with van der Waals surface area (Å²) in [5, 5.41) is 5.03. The lowest BCUT2D eigenvalue weighted by Crippen LogP contribution is -2.06. The molecule has 0 atom stereocenters. The molecule has 0 fully saturated rings. The van der Waals surface area contributed by atoms with Gasteiger partial charge in [-0.1, -0.05) is 35.5 Å². The molecule has 5 nitrogen and oxygen atoms in total. The molecule has 0 saturated carbocycles. The minimum atomic E-state index is -0.552. The summed E-state index contributed by atoms with van der Waals surface area (Å²) < 4.78 is 15.7. The average Bonchev–Trinajstić information content (AvgIpc) is 3.26. The molecule has 5 heteroatoms. The molecule has 0 aliphatic heterocycles. The Kier molecular flexibility index (Phi) is 3.59. The Morgan fingerprint density at radius 3 is 2.71 bits per heavy atom. The number of fused-ring (bicyclic) bond motifs is 1. The maximum absolute atomic E-state index is 11.9. The number of furan rings is 1. The molecule has 0 aliphatic carbocycles. The maximum atomic E-state index is 11.9. The normalized spacial score (nSPS) is 10.8. The number of ether oxygens (including phenoxy) is 1. The van der Waals surface area contributed by atoms with Crippen molar-refractivity contribution in [1.82, 2.24) is 5.16 Å². The van der Waals surface area contributed by atoms with E-state index in [1.54, 1.807) is 24.3 Å². The van der Waals surface area contributed by atoms with Crippen LogP contribution in [0.1, 0.15) is 21.8 Å². The molecule has 0 saturated heterocycles. The molecule has 0 bridgehead atoms. The maximum Gasteiger partial charge on any atom is 0.379 e. The molecule has 2 aromatic carbocycles. The van der Waals surface area contributed by atoms with Crippen LogP contribution in [0.25, 0.3) is 11.0 Å². The number of nitrogens with zero attached hydrogens (tertiary/aromatic N) is 1. The van der Waals surface area contributed by atoms with Crippen LogP contribution in [0.3, 0.4) is 0 Å². The molecule has 2 heterocycles. The Labute approximate surface area is 137 Å². The predicted octanol–water partition coefficient (Wildman–Crippen LogP) is 4.23. The lowest BCUT2D eigenvalue weighted by molar-refractivity contribution is 0.0701. The van der Waals surface area contributed by atoms with E-state index in [0.717, 1.165) is 16.6 Å². The van der Waals surface area contributed by atoms with E-state index in [1.165, 1.54) is 6.26 Å². The van der Waals surface area contributed by atoms with Gasteiger partial charge in [0.15, 0.2) is 5.58 Å². The van der Waals surface area contributed by atoms with Crippen LogP contribution < -0.4 is 4.74 Å². The van der Waals surface area contributed by atoms with Crippen LogP contribution in [-0.4, -0.2) is 11.1 Å². The van der Waals surface area contributed by atoms with Crippen molar-refractivity contribution in [3.8, 4) is 5.75 Å². The number of hydrogen-bond acceptors (Lipinski definition) is 5. The summed E-state index contributed by atoms with van der Waals surface area (Å²) in [6, 6.07) is 18.4. The van der Waals surface area contributed by atoms with Crippen LogP contribution in [0.15, 0.2) is 75.9 Å². The molecule has 0 N–H and O–H groups in total. The second kappa shape index (κ2) is 6.04. The molecular formula is C19H13NO4. The van der Waals surface area contributed by atoms with Crippen LogP contribution in [0, 0.1) is 0 Å². The summed E-state index contributed by atoms with van der Waals surface area (Å²) in [7, 11) is 0. The number of esters is 1. The van der Waals surface area contributed by atoms with Gasteiger partial charge >= 0.3 is 5.97 Å². The number of hydrogen-bond donors (Lipinski definition) is 0. The highest BCUT2D eigenvalue weighted by molar-refractivity contribution is 5.89. The monoisotopic (exact) mass is 319 g/mol. The second-order valence-electron chi connectivity index (χ2n) is 5.32. The van der Waals surface area contributed by atoms with Gasteiger partial charge < -0.3 is 13.7 Å². The van der Waals surface area contributed by atoms with E-state index in [4.69, 9.17) is 13.7 Å². The largest absolute Gasteiger partial charge is 0.457 e. The highest BCUT2D eigenvalue weighted by Crippen LogP contribution is 2.25. The second-order valence-corrected chi connectivity index (χ2v) is 5.32. The van der Waals surface area contributed by atoms with Gasteiger partial charge in [0.2, 0.25) is 5.76 Å². The number of carbonyl (C=O) groups excluding carboxylic acids is 1. The van der Waals surface area contributed by atoms with E-state index in [0.29, 0.717) is 17.8 Å². The van der Waals surface area contributed by atoms with E-state index < -0.39 is 5.97 Å². The number of benzene rings is 2.